The Labute approximate surface area is 213 Å². The summed E-state index contributed by atoms with van der Waals surface area (Å²) in [6, 6.07) is 0. The lowest BCUT2D eigenvalue weighted by molar-refractivity contribution is -0.203. The van der Waals surface area contributed by atoms with Crippen molar-refractivity contribution >= 4 is 10.4 Å². The maximum absolute atomic E-state index is 11.8. The zero-order valence-electron chi connectivity index (χ0n) is 22.8. The molecule has 35 heavy (non-hydrogen) atoms. The third kappa shape index (κ3) is 4.86. The normalized spacial score (nSPS) is 47.4. The van der Waals surface area contributed by atoms with Gasteiger partial charge in [0.05, 0.1) is 25.4 Å². The highest BCUT2D eigenvalue weighted by atomic mass is 32.3. The molecule has 0 spiro atoms. The van der Waals surface area contributed by atoms with E-state index in [1.54, 1.807) is 6.92 Å². The van der Waals surface area contributed by atoms with Crippen LogP contribution in [0.2, 0.25) is 0 Å². The summed E-state index contributed by atoms with van der Waals surface area (Å²) in [5, 5.41) is 22.3. The minimum absolute atomic E-state index is 0.207. The van der Waals surface area contributed by atoms with Crippen LogP contribution in [0.4, 0.5) is 0 Å². The van der Waals surface area contributed by atoms with Crippen molar-refractivity contribution in [1.29, 1.82) is 0 Å². The second-order valence-corrected chi connectivity index (χ2v) is 14.5. The fourth-order valence-electron chi connectivity index (χ4n) is 9.92. The molecule has 4 aliphatic carbocycles. The van der Waals surface area contributed by atoms with Crippen molar-refractivity contribution < 1.29 is 27.0 Å². The van der Waals surface area contributed by atoms with Crippen molar-refractivity contribution in [1.82, 2.24) is 0 Å². The Bertz CT molecular complexity index is 846. The van der Waals surface area contributed by atoms with E-state index in [0.29, 0.717) is 41.9 Å². The molecule has 12 atom stereocenters. The van der Waals surface area contributed by atoms with Crippen molar-refractivity contribution in [2.45, 2.75) is 117 Å². The van der Waals surface area contributed by atoms with Gasteiger partial charge in [0, 0.05) is 0 Å². The highest BCUT2D eigenvalue weighted by molar-refractivity contribution is 7.81. The largest absolute Gasteiger partial charge is 0.399 e. The Balaban J connectivity index is 1.50. The van der Waals surface area contributed by atoms with Crippen LogP contribution < -0.4 is 0 Å². The van der Waals surface area contributed by atoms with E-state index in [-0.39, 0.29) is 29.0 Å². The molecule has 0 aromatic rings. The van der Waals surface area contributed by atoms with Gasteiger partial charge in [-0.05, 0) is 117 Å². The molecule has 0 saturated heterocycles. The molecule has 2 N–H and O–H groups in total. The highest BCUT2D eigenvalue weighted by Crippen LogP contribution is 2.69. The Morgan fingerprint density at radius 1 is 0.943 bits per heavy atom. The Morgan fingerprint density at radius 3 is 2.26 bits per heavy atom. The van der Waals surface area contributed by atoms with Crippen LogP contribution in [0.15, 0.2) is 0 Å². The predicted molar refractivity (Wildman–Crippen MR) is 137 cm³/mol. The summed E-state index contributed by atoms with van der Waals surface area (Å²) in [6.07, 6.45) is 9.38. The van der Waals surface area contributed by atoms with Gasteiger partial charge in [-0.2, -0.15) is 8.42 Å². The van der Waals surface area contributed by atoms with Gasteiger partial charge in [-0.25, -0.2) is 4.18 Å². The molecule has 204 valence electrons. The van der Waals surface area contributed by atoms with Crippen molar-refractivity contribution in [2.75, 3.05) is 7.11 Å². The average Bonchev–Trinajstić information content (AvgIpc) is 3.16. The van der Waals surface area contributed by atoms with Crippen LogP contribution in [0.1, 0.15) is 98.8 Å². The molecule has 0 aliphatic heterocycles. The Kier molecular flexibility index (Phi) is 8.08. The second kappa shape index (κ2) is 10.2. The molecule has 4 rings (SSSR count). The van der Waals surface area contributed by atoms with Crippen LogP contribution in [0.25, 0.3) is 0 Å². The van der Waals surface area contributed by atoms with Crippen molar-refractivity contribution in [3.05, 3.63) is 0 Å². The molecular weight excluding hydrogens is 464 g/mol. The van der Waals surface area contributed by atoms with Gasteiger partial charge < -0.3 is 10.2 Å². The third-order valence-electron chi connectivity index (χ3n) is 11.7. The molecule has 0 radical (unpaired) electrons. The number of hydrogen-bond acceptors (Lipinski definition) is 6. The van der Waals surface area contributed by atoms with E-state index >= 15 is 0 Å². The van der Waals surface area contributed by atoms with E-state index in [4.69, 9.17) is 4.18 Å². The Morgan fingerprint density at radius 2 is 1.60 bits per heavy atom. The second-order valence-electron chi connectivity index (χ2n) is 13.2. The van der Waals surface area contributed by atoms with E-state index in [0.717, 1.165) is 39.2 Å². The zero-order chi connectivity index (χ0) is 25.8. The lowest BCUT2D eigenvalue weighted by Crippen LogP contribution is -2.62. The standard InChI is InChI=1S/C28H50O6S/c1-7-20-24-16-19(29)12-14-28(24,5)23-13-15-27(4)21(10-11-22(27)25(23)26(20)30)17(2)8-9-18(3)34-35(31,32)33-6/h17-26,29-30H,7-16H2,1-6H3/t17-,18+,19-,20-,21-,22?,23?,24+,25?,26?,27-,28-/m1/s1. The summed E-state index contributed by atoms with van der Waals surface area (Å²) in [5.74, 6) is 3.25. The lowest BCUT2D eigenvalue weighted by atomic mass is 9.41. The van der Waals surface area contributed by atoms with Crippen LogP contribution >= 0.6 is 0 Å². The van der Waals surface area contributed by atoms with Gasteiger partial charge in [-0.3, -0.25) is 4.18 Å². The highest BCUT2D eigenvalue weighted by Gasteiger charge is 2.64. The van der Waals surface area contributed by atoms with Gasteiger partial charge in [0.2, 0.25) is 0 Å². The maximum Gasteiger partial charge on any atom is 0.399 e. The SMILES string of the molecule is CC[C@H]1C(O)C2C3CC[C@H]([C@H](C)CC[C@H](C)OS(=O)(=O)OC)[C@@]3(C)CCC2[C@@]2(C)CC[C@@H](O)C[C@@H]12. The first-order valence-corrected chi connectivity index (χ1v) is 15.6. The summed E-state index contributed by atoms with van der Waals surface area (Å²) in [4.78, 5) is 0. The molecule has 0 heterocycles. The predicted octanol–water partition coefficient (Wildman–Crippen LogP) is 5.33. The first kappa shape index (κ1) is 27.8. The number of fused-ring (bicyclic) bond motifs is 5. The minimum Gasteiger partial charge on any atom is -0.393 e. The van der Waals surface area contributed by atoms with Crippen molar-refractivity contribution in [2.24, 2.45) is 52.3 Å². The van der Waals surface area contributed by atoms with Crippen LogP contribution in [0.3, 0.4) is 0 Å². The molecular formula is C28H50O6S. The molecule has 0 bridgehead atoms. The summed E-state index contributed by atoms with van der Waals surface area (Å²) < 4.78 is 32.8. The zero-order valence-corrected chi connectivity index (χ0v) is 23.6. The van der Waals surface area contributed by atoms with Crippen LogP contribution in [-0.4, -0.2) is 44.1 Å². The first-order chi connectivity index (χ1) is 16.4. The number of hydrogen-bond donors (Lipinski definition) is 2. The summed E-state index contributed by atoms with van der Waals surface area (Å²) in [7, 11) is -2.78. The van der Waals surface area contributed by atoms with Gasteiger partial charge in [0.25, 0.3) is 0 Å². The molecule has 7 heteroatoms. The maximum atomic E-state index is 11.8. The minimum atomic E-state index is -3.91. The van der Waals surface area contributed by atoms with Crippen LogP contribution in [0.5, 0.6) is 0 Å². The molecule has 4 unspecified atom stereocenters. The van der Waals surface area contributed by atoms with Gasteiger partial charge in [0.15, 0.2) is 0 Å². The Hall–Kier alpha value is -0.210. The monoisotopic (exact) mass is 514 g/mol. The lowest BCUT2D eigenvalue weighted by Gasteiger charge is -2.64. The number of rotatable bonds is 8. The molecule has 6 nitrogen and oxygen atoms in total. The third-order valence-corrected chi connectivity index (χ3v) is 12.6. The molecule has 0 aromatic heterocycles. The van der Waals surface area contributed by atoms with Crippen LogP contribution in [0, 0.1) is 52.3 Å². The summed E-state index contributed by atoms with van der Waals surface area (Å²) in [5.41, 5.74) is 0.453. The van der Waals surface area contributed by atoms with Crippen molar-refractivity contribution in [3.8, 4) is 0 Å². The molecule has 4 saturated carbocycles. The van der Waals surface area contributed by atoms with Gasteiger partial charge >= 0.3 is 10.4 Å². The van der Waals surface area contributed by atoms with E-state index in [1.807, 2.05) is 0 Å². The molecule has 4 aliphatic rings. The van der Waals surface area contributed by atoms with E-state index < -0.39 is 16.5 Å². The van der Waals surface area contributed by atoms with E-state index in [9.17, 15) is 18.6 Å². The molecule has 0 amide bonds. The number of aliphatic hydroxyl groups excluding tert-OH is 2. The summed E-state index contributed by atoms with van der Waals surface area (Å²) in [6.45, 7) is 11.3. The van der Waals surface area contributed by atoms with Crippen molar-refractivity contribution in [3.63, 3.8) is 0 Å². The first-order valence-electron chi connectivity index (χ1n) is 14.2. The van der Waals surface area contributed by atoms with Gasteiger partial charge in [0.1, 0.15) is 0 Å². The molecule has 4 fully saturated rings. The van der Waals surface area contributed by atoms with Crippen LogP contribution in [-0.2, 0) is 18.8 Å². The quantitative estimate of drug-likeness (QED) is 0.455. The average molecular weight is 515 g/mol. The van der Waals surface area contributed by atoms with E-state index in [2.05, 4.69) is 31.9 Å². The van der Waals surface area contributed by atoms with E-state index in [1.165, 1.54) is 25.7 Å². The summed E-state index contributed by atoms with van der Waals surface area (Å²) >= 11 is 0. The molecule has 0 aromatic carbocycles. The fourth-order valence-corrected chi connectivity index (χ4v) is 10.5. The fraction of sp³-hybridized carbons (Fsp3) is 1.00. The van der Waals surface area contributed by atoms with Gasteiger partial charge in [-0.1, -0.05) is 34.1 Å². The number of aliphatic hydroxyl groups is 2. The smallest absolute Gasteiger partial charge is 0.393 e. The van der Waals surface area contributed by atoms with Gasteiger partial charge in [-0.15, -0.1) is 0 Å². The topological polar surface area (TPSA) is 93.1 Å².